The number of hydrogen-bond acceptors (Lipinski definition) is 9. The van der Waals surface area contributed by atoms with Crippen molar-refractivity contribution in [2.75, 3.05) is 61.0 Å². The molecule has 182 valence electrons. The van der Waals surface area contributed by atoms with Crippen LogP contribution in [0.4, 0.5) is 27.8 Å². The highest BCUT2D eigenvalue weighted by atomic mass is 35.5. The van der Waals surface area contributed by atoms with Gasteiger partial charge in [-0.25, -0.2) is 14.8 Å². The van der Waals surface area contributed by atoms with Crippen molar-refractivity contribution >= 4 is 40.7 Å². The zero-order chi connectivity index (χ0) is 24.1. The first-order valence-electron chi connectivity index (χ1n) is 11.4. The molecule has 0 radical (unpaired) electrons. The number of halogens is 1. The Labute approximate surface area is 202 Å². The van der Waals surface area contributed by atoms with Gasteiger partial charge < -0.3 is 24.8 Å². The highest BCUT2D eigenvalue weighted by Gasteiger charge is 2.32. The third-order valence-electron chi connectivity index (χ3n) is 6.12. The van der Waals surface area contributed by atoms with E-state index in [0.29, 0.717) is 69.6 Å². The molecule has 11 nitrogen and oxygen atoms in total. The van der Waals surface area contributed by atoms with Gasteiger partial charge in [-0.05, 0) is 31.9 Å². The molecule has 1 aromatic carbocycles. The molecule has 2 saturated heterocycles. The van der Waals surface area contributed by atoms with Crippen LogP contribution in [-0.4, -0.2) is 77.8 Å². The fraction of sp³-hybridized carbons (Fsp3) is 0.500. The maximum absolute atomic E-state index is 12.0. The van der Waals surface area contributed by atoms with Crippen LogP contribution in [0.25, 0.3) is 0 Å². The summed E-state index contributed by atoms with van der Waals surface area (Å²) in [5, 5.41) is 15.9. The molecule has 12 heteroatoms. The maximum Gasteiger partial charge on any atom is 0.409 e. The van der Waals surface area contributed by atoms with E-state index >= 15 is 0 Å². The molecular formula is C22H28ClN7O4. The predicted molar refractivity (Wildman–Crippen MR) is 130 cm³/mol. The molecule has 3 heterocycles. The lowest BCUT2D eigenvalue weighted by atomic mass is 10.1. The lowest BCUT2D eigenvalue weighted by molar-refractivity contribution is -0.383. The molecule has 0 bridgehead atoms. The Hall–Kier alpha value is -3.34. The van der Waals surface area contributed by atoms with Crippen molar-refractivity contribution in [3.8, 4) is 0 Å². The molecule has 1 aromatic heterocycles. The Balaban J connectivity index is 1.44. The van der Waals surface area contributed by atoms with Crippen LogP contribution in [0.5, 0.6) is 0 Å². The standard InChI is InChI=1S/C22H28ClN7O4/c1-2-34-22(31)29-9-7-16(8-10-29)26-20-19(30(32)33)21(25-15-24-20)28-13-11-27(12-14-28)18-6-4-3-5-17(18)23/h3-6,15-16H,2,7-14H2,1H3,(H,24,25,26). The number of aromatic nitrogens is 2. The third kappa shape index (κ3) is 5.24. The monoisotopic (exact) mass is 489 g/mol. The van der Waals surface area contributed by atoms with Gasteiger partial charge in [0.2, 0.25) is 11.6 Å². The SMILES string of the molecule is CCOC(=O)N1CCC(Nc2ncnc(N3CCN(c4ccccc4Cl)CC3)c2[N+](=O)[O-])CC1. The summed E-state index contributed by atoms with van der Waals surface area (Å²) in [6.07, 6.45) is 2.32. The zero-order valence-corrected chi connectivity index (χ0v) is 19.8. The molecule has 1 N–H and O–H groups in total. The Bertz CT molecular complexity index is 1020. The Morgan fingerprint density at radius 3 is 2.47 bits per heavy atom. The van der Waals surface area contributed by atoms with Crippen LogP contribution in [0.2, 0.25) is 5.02 Å². The number of nitro groups is 1. The van der Waals surface area contributed by atoms with Gasteiger partial charge in [-0.1, -0.05) is 23.7 Å². The summed E-state index contributed by atoms with van der Waals surface area (Å²) < 4.78 is 5.05. The summed E-state index contributed by atoms with van der Waals surface area (Å²) in [7, 11) is 0. The number of hydrogen-bond donors (Lipinski definition) is 1. The molecule has 0 saturated carbocycles. The number of ether oxygens (including phenoxy) is 1. The number of rotatable bonds is 6. The number of carbonyl (C=O) groups excluding carboxylic acids is 1. The van der Waals surface area contributed by atoms with Gasteiger partial charge in [0.05, 0.1) is 22.2 Å². The number of amides is 1. The smallest absolute Gasteiger partial charge is 0.409 e. The highest BCUT2D eigenvalue weighted by Crippen LogP contribution is 2.34. The molecule has 2 aromatic rings. The average Bonchev–Trinajstić information content (AvgIpc) is 2.85. The van der Waals surface area contributed by atoms with Gasteiger partial charge in [0, 0.05) is 45.3 Å². The van der Waals surface area contributed by atoms with E-state index < -0.39 is 4.92 Å². The molecule has 2 aliphatic rings. The van der Waals surface area contributed by atoms with Crippen molar-refractivity contribution in [3.05, 3.63) is 45.7 Å². The van der Waals surface area contributed by atoms with Crippen molar-refractivity contribution in [3.63, 3.8) is 0 Å². The number of nitrogens with zero attached hydrogens (tertiary/aromatic N) is 6. The Kier molecular flexibility index (Phi) is 7.51. The molecule has 0 aliphatic carbocycles. The minimum absolute atomic E-state index is 0.0378. The highest BCUT2D eigenvalue weighted by molar-refractivity contribution is 6.33. The molecule has 0 atom stereocenters. The number of piperidine rings is 1. The fourth-order valence-corrected chi connectivity index (χ4v) is 4.61. The van der Waals surface area contributed by atoms with Crippen LogP contribution in [0, 0.1) is 10.1 Å². The summed E-state index contributed by atoms with van der Waals surface area (Å²) in [4.78, 5) is 37.7. The third-order valence-corrected chi connectivity index (χ3v) is 6.44. The molecule has 34 heavy (non-hydrogen) atoms. The first-order valence-corrected chi connectivity index (χ1v) is 11.8. The van der Waals surface area contributed by atoms with Gasteiger partial charge in [0.25, 0.3) is 0 Å². The van der Waals surface area contributed by atoms with Gasteiger partial charge in [-0.2, -0.15) is 0 Å². The summed E-state index contributed by atoms with van der Waals surface area (Å²) in [6, 6.07) is 7.62. The van der Waals surface area contributed by atoms with E-state index in [1.807, 2.05) is 29.2 Å². The second-order valence-electron chi connectivity index (χ2n) is 8.18. The maximum atomic E-state index is 12.0. The largest absolute Gasteiger partial charge is 0.450 e. The molecule has 0 spiro atoms. The normalized spacial score (nSPS) is 16.9. The van der Waals surface area contributed by atoms with Crippen molar-refractivity contribution in [1.29, 1.82) is 0 Å². The lowest BCUT2D eigenvalue weighted by Crippen LogP contribution is -2.47. The van der Waals surface area contributed by atoms with Gasteiger partial charge in [0.15, 0.2) is 0 Å². The van der Waals surface area contributed by atoms with Crippen LogP contribution in [0.15, 0.2) is 30.6 Å². The molecule has 1 amide bonds. The van der Waals surface area contributed by atoms with E-state index in [1.165, 1.54) is 6.33 Å². The van der Waals surface area contributed by atoms with E-state index in [0.717, 1.165) is 5.69 Å². The van der Waals surface area contributed by atoms with Crippen LogP contribution in [0.1, 0.15) is 19.8 Å². The van der Waals surface area contributed by atoms with Crippen LogP contribution in [0.3, 0.4) is 0 Å². The quantitative estimate of drug-likeness (QED) is 0.481. The topological polar surface area (TPSA) is 117 Å². The van der Waals surface area contributed by atoms with Gasteiger partial charge >= 0.3 is 11.8 Å². The second kappa shape index (κ2) is 10.7. The van der Waals surface area contributed by atoms with E-state index in [1.54, 1.807) is 11.8 Å². The summed E-state index contributed by atoms with van der Waals surface area (Å²) in [5.74, 6) is 0.517. The summed E-state index contributed by atoms with van der Waals surface area (Å²) in [6.45, 7) is 5.62. The van der Waals surface area contributed by atoms with Gasteiger partial charge in [-0.3, -0.25) is 10.1 Å². The van der Waals surface area contributed by atoms with Crippen molar-refractivity contribution in [1.82, 2.24) is 14.9 Å². The fourth-order valence-electron chi connectivity index (χ4n) is 4.36. The van der Waals surface area contributed by atoms with Crippen molar-refractivity contribution < 1.29 is 14.5 Å². The number of nitrogens with one attached hydrogen (secondary N) is 1. The second-order valence-corrected chi connectivity index (χ2v) is 8.59. The number of benzene rings is 1. The van der Waals surface area contributed by atoms with E-state index in [-0.39, 0.29) is 23.6 Å². The number of anilines is 3. The van der Waals surface area contributed by atoms with Crippen molar-refractivity contribution in [2.24, 2.45) is 0 Å². The van der Waals surface area contributed by atoms with Crippen molar-refractivity contribution in [2.45, 2.75) is 25.8 Å². The number of para-hydroxylation sites is 1. The Morgan fingerprint density at radius 1 is 1.15 bits per heavy atom. The van der Waals surface area contributed by atoms with E-state index in [2.05, 4.69) is 20.2 Å². The number of likely N-dealkylation sites (tertiary alicyclic amines) is 1. The predicted octanol–water partition coefficient (Wildman–Crippen LogP) is 3.40. The minimum atomic E-state index is -0.425. The van der Waals surface area contributed by atoms with Crippen LogP contribution < -0.4 is 15.1 Å². The van der Waals surface area contributed by atoms with E-state index in [9.17, 15) is 14.9 Å². The van der Waals surface area contributed by atoms with Crippen LogP contribution in [-0.2, 0) is 4.74 Å². The number of piperazine rings is 1. The first-order chi connectivity index (χ1) is 16.5. The average molecular weight is 490 g/mol. The molecule has 2 aliphatic heterocycles. The molecule has 4 rings (SSSR count). The summed E-state index contributed by atoms with van der Waals surface area (Å²) >= 11 is 6.33. The summed E-state index contributed by atoms with van der Waals surface area (Å²) in [5.41, 5.74) is 0.832. The first kappa shape index (κ1) is 23.8. The molecular weight excluding hydrogens is 462 g/mol. The number of carbonyl (C=O) groups is 1. The zero-order valence-electron chi connectivity index (χ0n) is 19.0. The minimum Gasteiger partial charge on any atom is -0.450 e. The van der Waals surface area contributed by atoms with Crippen LogP contribution >= 0.6 is 11.6 Å². The lowest BCUT2D eigenvalue weighted by Gasteiger charge is -2.37. The van der Waals surface area contributed by atoms with Gasteiger partial charge in [0.1, 0.15) is 6.33 Å². The molecule has 0 unspecified atom stereocenters. The Morgan fingerprint density at radius 2 is 1.82 bits per heavy atom. The molecule has 2 fully saturated rings. The van der Waals surface area contributed by atoms with Gasteiger partial charge in [-0.15, -0.1) is 0 Å². The van der Waals surface area contributed by atoms with E-state index in [4.69, 9.17) is 16.3 Å².